The Morgan fingerprint density at radius 2 is 2.08 bits per heavy atom. The molecule has 2 nitrogen and oxygen atoms in total. The highest BCUT2D eigenvalue weighted by Gasteiger charge is 2.44. The summed E-state index contributed by atoms with van der Waals surface area (Å²) in [7, 11) is 1.48. The molecule has 0 amide bonds. The largest absolute Gasteiger partial charge is 0.469 e. The third kappa shape index (κ3) is 2.11. The van der Waals surface area contributed by atoms with Crippen molar-refractivity contribution < 1.29 is 9.53 Å². The van der Waals surface area contributed by atoms with Gasteiger partial charge in [0.1, 0.15) is 0 Å². The summed E-state index contributed by atoms with van der Waals surface area (Å²) in [6, 6.07) is 0. The molecule has 1 fully saturated rings. The Morgan fingerprint density at radius 1 is 1.46 bits per heavy atom. The molecule has 0 radical (unpaired) electrons. The molecule has 0 bridgehead atoms. The Kier molecular flexibility index (Phi) is 3.12. The van der Waals surface area contributed by atoms with Gasteiger partial charge in [-0.3, -0.25) is 4.79 Å². The maximum atomic E-state index is 11.5. The van der Waals surface area contributed by atoms with Crippen LogP contribution in [0.25, 0.3) is 0 Å². The third-order valence-electron chi connectivity index (χ3n) is 2.83. The summed E-state index contributed by atoms with van der Waals surface area (Å²) in [5.74, 6) is -0.0312. The molecule has 1 saturated carbocycles. The summed E-state index contributed by atoms with van der Waals surface area (Å²) in [5.41, 5.74) is 1.10. The Bertz CT molecular complexity index is 220. The zero-order valence-corrected chi connectivity index (χ0v) is 8.72. The Morgan fingerprint density at radius 3 is 2.38 bits per heavy atom. The second-order valence-corrected chi connectivity index (χ2v) is 4.11. The molecule has 1 rings (SSSR count). The number of methoxy groups -OCH3 is 1. The molecule has 1 aliphatic rings. The minimum absolute atomic E-state index is 0.0312. The van der Waals surface area contributed by atoms with E-state index >= 15 is 0 Å². The molecular weight excluding hydrogens is 164 g/mol. The van der Waals surface area contributed by atoms with Crippen LogP contribution in [0, 0.1) is 5.41 Å². The average Bonchev–Trinajstić information content (AvgIpc) is 2.01. The van der Waals surface area contributed by atoms with Crippen molar-refractivity contribution in [3.8, 4) is 0 Å². The van der Waals surface area contributed by atoms with E-state index < -0.39 is 0 Å². The lowest BCUT2D eigenvalue weighted by Gasteiger charge is -2.38. The van der Waals surface area contributed by atoms with Gasteiger partial charge in [0.25, 0.3) is 0 Å². The van der Waals surface area contributed by atoms with Gasteiger partial charge in [0, 0.05) is 0 Å². The number of hydrogen-bond acceptors (Lipinski definition) is 2. The maximum Gasteiger partial charge on any atom is 0.312 e. The van der Waals surface area contributed by atoms with Crippen LogP contribution in [-0.2, 0) is 9.53 Å². The Balaban J connectivity index is 2.60. The zero-order valence-electron chi connectivity index (χ0n) is 8.72. The molecule has 2 heteroatoms. The van der Waals surface area contributed by atoms with Crippen molar-refractivity contribution >= 4 is 5.97 Å². The topological polar surface area (TPSA) is 26.3 Å². The monoisotopic (exact) mass is 182 g/mol. The fraction of sp³-hybridized carbons (Fsp3) is 0.727. The van der Waals surface area contributed by atoms with E-state index in [-0.39, 0.29) is 11.4 Å². The van der Waals surface area contributed by atoms with Gasteiger partial charge in [-0.1, -0.05) is 18.1 Å². The molecule has 1 aliphatic carbocycles. The van der Waals surface area contributed by atoms with Gasteiger partial charge in [-0.25, -0.2) is 0 Å². The molecule has 0 unspecified atom stereocenters. The number of hydrogen-bond donors (Lipinski definition) is 0. The van der Waals surface area contributed by atoms with E-state index in [4.69, 9.17) is 4.74 Å². The van der Waals surface area contributed by atoms with Gasteiger partial charge in [-0.15, -0.1) is 0 Å². The lowest BCUT2D eigenvalue weighted by atomic mass is 9.66. The predicted octanol–water partition coefficient (Wildman–Crippen LogP) is 2.69. The third-order valence-corrected chi connectivity index (χ3v) is 2.83. The Hall–Kier alpha value is -0.790. The van der Waals surface area contributed by atoms with E-state index in [1.165, 1.54) is 12.7 Å². The molecule has 0 aliphatic heterocycles. The lowest BCUT2D eigenvalue weighted by Crippen LogP contribution is -2.38. The van der Waals surface area contributed by atoms with Crippen LogP contribution in [0.1, 0.15) is 39.5 Å². The van der Waals surface area contributed by atoms with Crippen LogP contribution in [0.3, 0.4) is 0 Å². The molecular formula is C11H18O2. The van der Waals surface area contributed by atoms with E-state index in [0.717, 1.165) is 25.7 Å². The molecule has 74 valence electrons. The van der Waals surface area contributed by atoms with Gasteiger partial charge in [0.15, 0.2) is 0 Å². The van der Waals surface area contributed by atoms with Crippen molar-refractivity contribution in [3.05, 3.63) is 11.6 Å². The molecule has 13 heavy (non-hydrogen) atoms. The van der Waals surface area contributed by atoms with E-state index in [2.05, 4.69) is 19.9 Å². The van der Waals surface area contributed by atoms with Crippen LogP contribution in [0.5, 0.6) is 0 Å². The molecule has 0 N–H and O–H groups in total. The summed E-state index contributed by atoms with van der Waals surface area (Å²) < 4.78 is 4.82. The molecule has 0 saturated heterocycles. The zero-order chi connectivity index (χ0) is 9.90. The van der Waals surface area contributed by atoms with Crippen molar-refractivity contribution in [2.75, 3.05) is 7.11 Å². The maximum absolute atomic E-state index is 11.5. The number of allylic oxidation sites excluding steroid dienone is 2. The highest BCUT2D eigenvalue weighted by molar-refractivity contribution is 5.78. The first-order chi connectivity index (χ1) is 6.10. The molecule has 0 aromatic heterocycles. The van der Waals surface area contributed by atoms with Gasteiger partial charge in [0.2, 0.25) is 0 Å². The Labute approximate surface area is 80.0 Å². The standard InChI is InChI=1S/C11H18O2/c1-9(2)5-8-11(6-4-7-11)10(12)13-3/h5H,4,6-8H2,1-3H3. The van der Waals surface area contributed by atoms with E-state index in [0.29, 0.717) is 0 Å². The van der Waals surface area contributed by atoms with Crippen LogP contribution in [0.4, 0.5) is 0 Å². The first-order valence-electron chi connectivity index (χ1n) is 4.82. The average molecular weight is 182 g/mol. The first-order valence-corrected chi connectivity index (χ1v) is 4.82. The predicted molar refractivity (Wildman–Crippen MR) is 52.3 cm³/mol. The summed E-state index contributed by atoms with van der Waals surface area (Å²) in [5, 5.41) is 0. The molecule has 0 aromatic rings. The normalized spacial score (nSPS) is 18.7. The minimum Gasteiger partial charge on any atom is -0.469 e. The van der Waals surface area contributed by atoms with Crippen molar-refractivity contribution in [2.24, 2.45) is 5.41 Å². The first kappa shape index (κ1) is 10.3. The van der Waals surface area contributed by atoms with Crippen LogP contribution in [-0.4, -0.2) is 13.1 Å². The van der Waals surface area contributed by atoms with Crippen molar-refractivity contribution in [2.45, 2.75) is 39.5 Å². The van der Waals surface area contributed by atoms with E-state index in [1.807, 2.05) is 0 Å². The SMILES string of the molecule is COC(=O)C1(CC=C(C)C)CCC1. The highest BCUT2D eigenvalue weighted by atomic mass is 16.5. The smallest absolute Gasteiger partial charge is 0.312 e. The quantitative estimate of drug-likeness (QED) is 0.495. The second-order valence-electron chi connectivity index (χ2n) is 4.11. The van der Waals surface area contributed by atoms with E-state index in [9.17, 15) is 4.79 Å². The summed E-state index contributed by atoms with van der Waals surface area (Å²) in [4.78, 5) is 11.5. The van der Waals surface area contributed by atoms with Crippen LogP contribution < -0.4 is 0 Å². The van der Waals surface area contributed by atoms with Crippen LogP contribution >= 0.6 is 0 Å². The highest BCUT2D eigenvalue weighted by Crippen LogP contribution is 2.45. The summed E-state index contributed by atoms with van der Waals surface area (Å²) in [6.07, 6.45) is 6.12. The van der Waals surface area contributed by atoms with Crippen molar-refractivity contribution in [3.63, 3.8) is 0 Å². The minimum atomic E-state index is -0.175. The number of carbonyl (C=O) groups is 1. The summed E-state index contributed by atoms with van der Waals surface area (Å²) in [6.45, 7) is 4.12. The lowest BCUT2D eigenvalue weighted by molar-refractivity contribution is -0.158. The van der Waals surface area contributed by atoms with Gasteiger partial charge < -0.3 is 4.74 Å². The number of rotatable bonds is 3. The number of ether oxygens (including phenoxy) is 1. The fourth-order valence-corrected chi connectivity index (χ4v) is 1.71. The molecule has 0 atom stereocenters. The van der Waals surface area contributed by atoms with Crippen molar-refractivity contribution in [1.29, 1.82) is 0 Å². The summed E-state index contributed by atoms with van der Waals surface area (Å²) >= 11 is 0. The molecule has 0 aromatic carbocycles. The second kappa shape index (κ2) is 3.95. The van der Waals surface area contributed by atoms with Gasteiger partial charge in [-0.05, 0) is 33.1 Å². The van der Waals surface area contributed by atoms with Crippen LogP contribution in [0.15, 0.2) is 11.6 Å². The number of esters is 1. The van der Waals surface area contributed by atoms with E-state index in [1.54, 1.807) is 0 Å². The van der Waals surface area contributed by atoms with Gasteiger partial charge in [0.05, 0.1) is 12.5 Å². The molecule has 0 spiro atoms. The number of carbonyl (C=O) groups excluding carboxylic acids is 1. The van der Waals surface area contributed by atoms with Crippen molar-refractivity contribution in [1.82, 2.24) is 0 Å². The van der Waals surface area contributed by atoms with Gasteiger partial charge >= 0.3 is 5.97 Å². The van der Waals surface area contributed by atoms with Crippen LogP contribution in [0.2, 0.25) is 0 Å². The fourth-order valence-electron chi connectivity index (χ4n) is 1.71. The van der Waals surface area contributed by atoms with Gasteiger partial charge in [-0.2, -0.15) is 0 Å². The molecule has 0 heterocycles.